The SMILES string of the molecule is CN1C(=O)C[C@@](C)(c2cccc(-c3cccc(CN)c3)c2)N=C1N. The van der Waals surface area contributed by atoms with E-state index in [0.717, 1.165) is 22.3 Å². The Kier molecular flexibility index (Phi) is 4.11. The summed E-state index contributed by atoms with van der Waals surface area (Å²) in [6.45, 7) is 2.45. The number of hydrogen-bond acceptors (Lipinski definition) is 4. The van der Waals surface area contributed by atoms with Crippen LogP contribution in [0.2, 0.25) is 0 Å². The van der Waals surface area contributed by atoms with Crippen LogP contribution in [0.15, 0.2) is 53.5 Å². The lowest BCUT2D eigenvalue weighted by molar-refractivity contribution is -0.128. The van der Waals surface area contributed by atoms with E-state index >= 15 is 0 Å². The zero-order valence-corrected chi connectivity index (χ0v) is 14.0. The number of nitrogens with zero attached hydrogens (tertiary/aromatic N) is 2. The summed E-state index contributed by atoms with van der Waals surface area (Å²) < 4.78 is 0. The highest BCUT2D eigenvalue weighted by atomic mass is 16.2. The zero-order valence-electron chi connectivity index (χ0n) is 14.0. The van der Waals surface area contributed by atoms with Gasteiger partial charge in [-0.25, -0.2) is 4.99 Å². The van der Waals surface area contributed by atoms with Gasteiger partial charge in [-0.3, -0.25) is 9.69 Å². The number of rotatable bonds is 3. The Labute approximate surface area is 142 Å². The molecule has 124 valence electrons. The summed E-state index contributed by atoms with van der Waals surface area (Å²) in [4.78, 5) is 18.1. The van der Waals surface area contributed by atoms with Gasteiger partial charge in [0.15, 0.2) is 5.96 Å². The van der Waals surface area contributed by atoms with E-state index in [9.17, 15) is 4.79 Å². The number of carbonyl (C=O) groups excluding carboxylic acids is 1. The standard InChI is InChI=1S/C19H22N4O/c1-19(11-17(24)23(2)18(21)22-19)16-8-4-7-15(10-16)14-6-3-5-13(9-14)12-20/h3-10H,11-12,20H2,1-2H3,(H2,21,22)/t19-/m0/s1. The van der Waals surface area contributed by atoms with Crippen molar-refractivity contribution in [2.75, 3.05) is 7.05 Å². The summed E-state index contributed by atoms with van der Waals surface area (Å²) >= 11 is 0. The molecule has 0 radical (unpaired) electrons. The first kappa shape index (κ1) is 16.2. The van der Waals surface area contributed by atoms with Gasteiger partial charge in [0.25, 0.3) is 0 Å². The van der Waals surface area contributed by atoms with Crippen LogP contribution in [0.3, 0.4) is 0 Å². The Morgan fingerprint density at radius 3 is 2.50 bits per heavy atom. The molecule has 0 aliphatic carbocycles. The van der Waals surface area contributed by atoms with Gasteiger partial charge in [0, 0.05) is 13.6 Å². The van der Waals surface area contributed by atoms with Crippen LogP contribution in [0.25, 0.3) is 11.1 Å². The van der Waals surface area contributed by atoms with Crippen molar-refractivity contribution in [3.63, 3.8) is 0 Å². The molecule has 0 saturated carbocycles. The fourth-order valence-corrected chi connectivity index (χ4v) is 2.99. The van der Waals surface area contributed by atoms with Crippen molar-refractivity contribution >= 4 is 11.9 Å². The van der Waals surface area contributed by atoms with Crippen LogP contribution in [0.1, 0.15) is 24.5 Å². The van der Waals surface area contributed by atoms with Gasteiger partial charge in [-0.1, -0.05) is 36.4 Å². The first-order valence-corrected chi connectivity index (χ1v) is 7.95. The van der Waals surface area contributed by atoms with Crippen LogP contribution < -0.4 is 11.5 Å². The summed E-state index contributed by atoms with van der Waals surface area (Å²) in [5, 5.41) is 0. The Morgan fingerprint density at radius 1 is 1.17 bits per heavy atom. The van der Waals surface area contributed by atoms with E-state index in [-0.39, 0.29) is 11.9 Å². The second-order valence-corrected chi connectivity index (χ2v) is 6.36. The molecule has 3 rings (SSSR count). The van der Waals surface area contributed by atoms with Crippen molar-refractivity contribution in [3.8, 4) is 11.1 Å². The number of hydrogen-bond donors (Lipinski definition) is 2. The van der Waals surface area contributed by atoms with Gasteiger partial charge in [-0.15, -0.1) is 0 Å². The quantitative estimate of drug-likeness (QED) is 0.908. The molecular weight excluding hydrogens is 300 g/mol. The highest BCUT2D eigenvalue weighted by molar-refractivity contribution is 5.98. The molecule has 0 aromatic heterocycles. The zero-order chi connectivity index (χ0) is 17.3. The average molecular weight is 322 g/mol. The highest BCUT2D eigenvalue weighted by Gasteiger charge is 2.36. The minimum absolute atomic E-state index is 0.0273. The molecule has 2 aromatic carbocycles. The molecule has 1 amide bonds. The van der Waals surface area contributed by atoms with Crippen molar-refractivity contribution in [3.05, 3.63) is 59.7 Å². The van der Waals surface area contributed by atoms with Crippen LogP contribution in [-0.2, 0) is 16.9 Å². The molecule has 2 aromatic rings. The molecule has 1 aliphatic heterocycles. The molecule has 0 fully saturated rings. The second-order valence-electron chi connectivity index (χ2n) is 6.36. The Balaban J connectivity index is 2.03. The minimum atomic E-state index is -0.644. The summed E-state index contributed by atoms with van der Waals surface area (Å²) in [5.74, 6) is 0.227. The van der Waals surface area contributed by atoms with Crippen molar-refractivity contribution < 1.29 is 4.79 Å². The first-order chi connectivity index (χ1) is 11.4. The maximum atomic E-state index is 12.2. The lowest BCUT2D eigenvalue weighted by atomic mass is 9.86. The Morgan fingerprint density at radius 2 is 1.83 bits per heavy atom. The topological polar surface area (TPSA) is 84.7 Å². The van der Waals surface area contributed by atoms with E-state index in [2.05, 4.69) is 23.2 Å². The molecule has 4 N–H and O–H groups in total. The fraction of sp³-hybridized carbons (Fsp3) is 0.263. The lowest BCUT2D eigenvalue weighted by Crippen LogP contribution is -2.47. The monoisotopic (exact) mass is 322 g/mol. The Hall–Kier alpha value is -2.66. The fourth-order valence-electron chi connectivity index (χ4n) is 2.99. The molecule has 1 heterocycles. The van der Waals surface area contributed by atoms with Gasteiger partial charge in [0.05, 0.1) is 12.0 Å². The second kappa shape index (κ2) is 6.09. The van der Waals surface area contributed by atoms with E-state index in [1.807, 2.05) is 37.3 Å². The highest BCUT2D eigenvalue weighted by Crippen LogP contribution is 2.35. The molecule has 5 nitrogen and oxygen atoms in total. The lowest BCUT2D eigenvalue weighted by Gasteiger charge is -2.33. The van der Waals surface area contributed by atoms with Crippen LogP contribution in [-0.4, -0.2) is 23.8 Å². The summed E-state index contributed by atoms with van der Waals surface area (Å²) in [5.41, 5.74) is 15.2. The molecule has 0 spiro atoms. The van der Waals surface area contributed by atoms with Gasteiger partial charge < -0.3 is 11.5 Å². The number of amides is 1. The van der Waals surface area contributed by atoms with Crippen LogP contribution in [0.4, 0.5) is 0 Å². The Bertz CT molecular complexity index is 815. The number of nitrogens with two attached hydrogens (primary N) is 2. The predicted molar refractivity (Wildman–Crippen MR) is 96.1 cm³/mol. The molecule has 1 atom stereocenters. The number of carbonyl (C=O) groups is 1. The molecule has 0 bridgehead atoms. The number of guanidine groups is 1. The largest absolute Gasteiger partial charge is 0.369 e. The van der Waals surface area contributed by atoms with E-state index < -0.39 is 5.54 Å². The van der Waals surface area contributed by atoms with Crippen molar-refractivity contribution in [2.24, 2.45) is 16.5 Å². The summed E-state index contributed by atoms with van der Waals surface area (Å²) in [7, 11) is 1.65. The smallest absolute Gasteiger partial charge is 0.231 e. The summed E-state index contributed by atoms with van der Waals surface area (Å²) in [6.07, 6.45) is 0.302. The van der Waals surface area contributed by atoms with Gasteiger partial charge >= 0.3 is 0 Å². The summed E-state index contributed by atoms with van der Waals surface area (Å²) in [6, 6.07) is 16.2. The first-order valence-electron chi connectivity index (χ1n) is 7.95. The number of aliphatic imine (C=N–C) groups is 1. The van der Waals surface area contributed by atoms with Crippen molar-refractivity contribution in [1.29, 1.82) is 0 Å². The van der Waals surface area contributed by atoms with Gasteiger partial charge in [-0.05, 0) is 41.3 Å². The van der Waals surface area contributed by atoms with E-state index in [0.29, 0.717) is 13.0 Å². The average Bonchev–Trinajstić information content (AvgIpc) is 2.60. The normalized spacial score (nSPS) is 20.9. The van der Waals surface area contributed by atoms with E-state index in [1.165, 1.54) is 4.90 Å². The van der Waals surface area contributed by atoms with E-state index in [1.54, 1.807) is 7.05 Å². The van der Waals surface area contributed by atoms with E-state index in [4.69, 9.17) is 11.5 Å². The van der Waals surface area contributed by atoms with Gasteiger partial charge in [0.1, 0.15) is 0 Å². The van der Waals surface area contributed by atoms with Crippen LogP contribution in [0.5, 0.6) is 0 Å². The third-order valence-electron chi connectivity index (χ3n) is 4.55. The van der Waals surface area contributed by atoms with Crippen LogP contribution in [0, 0.1) is 0 Å². The number of benzene rings is 2. The van der Waals surface area contributed by atoms with Crippen molar-refractivity contribution in [1.82, 2.24) is 4.90 Å². The van der Waals surface area contributed by atoms with Gasteiger partial charge in [-0.2, -0.15) is 0 Å². The van der Waals surface area contributed by atoms with Crippen LogP contribution >= 0.6 is 0 Å². The van der Waals surface area contributed by atoms with Crippen molar-refractivity contribution in [2.45, 2.75) is 25.4 Å². The maximum absolute atomic E-state index is 12.2. The molecule has 0 saturated heterocycles. The third-order valence-corrected chi connectivity index (χ3v) is 4.55. The minimum Gasteiger partial charge on any atom is -0.369 e. The third kappa shape index (κ3) is 2.90. The molecule has 24 heavy (non-hydrogen) atoms. The molecule has 5 heteroatoms. The van der Waals surface area contributed by atoms with Gasteiger partial charge in [0.2, 0.25) is 5.91 Å². The molecular formula is C19H22N4O. The maximum Gasteiger partial charge on any atom is 0.231 e. The molecule has 0 unspecified atom stereocenters. The predicted octanol–water partition coefficient (Wildman–Crippen LogP) is 2.20. The molecule has 1 aliphatic rings.